The maximum Gasteiger partial charge on any atom is 0.337 e. The minimum atomic E-state index is -0.953. The molecule has 3 rings (SSSR count). The van der Waals surface area contributed by atoms with Crippen LogP contribution in [0.5, 0.6) is 0 Å². The van der Waals surface area contributed by atoms with Gasteiger partial charge in [0.1, 0.15) is 5.84 Å². The van der Waals surface area contributed by atoms with Crippen molar-refractivity contribution in [2.75, 3.05) is 12.4 Å². The highest BCUT2D eigenvalue weighted by molar-refractivity contribution is 5.95. The minimum Gasteiger partial charge on any atom is -0.465 e. The molecule has 1 aliphatic rings. The summed E-state index contributed by atoms with van der Waals surface area (Å²) in [4.78, 5) is 11.5. The van der Waals surface area contributed by atoms with Gasteiger partial charge in [-0.05, 0) is 67.3 Å². The van der Waals surface area contributed by atoms with Gasteiger partial charge in [-0.1, -0.05) is 17.3 Å². The Kier molecular flexibility index (Phi) is 6.80. The average molecular weight is 402 g/mol. The number of anilines is 1. The second-order valence-electron chi connectivity index (χ2n) is 7.34. The van der Waals surface area contributed by atoms with E-state index < -0.39 is 11.6 Å². The molecule has 1 saturated carbocycles. The molecule has 0 unspecified atom stereocenters. The van der Waals surface area contributed by atoms with Gasteiger partial charge in [0.25, 0.3) is 0 Å². The number of nitrogens with one attached hydrogen (secondary N) is 1. The molecular weight excluding hydrogens is 378 g/mol. The summed E-state index contributed by atoms with van der Waals surface area (Å²) in [5.74, 6) is -1.12. The summed E-state index contributed by atoms with van der Waals surface area (Å²) in [6, 6.07) is 11.0. The number of hydrogen-bond donors (Lipinski definition) is 2. The fourth-order valence-electron chi connectivity index (χ4n) is 3.84. The molecule has 7 heteroatoms. The van der Waals surface area contributed by atoms with Crippen LogP contribution in [0.25, 0.3) is 0 Å². The molecule has 0 amide bonds. The van der Waals surface area contributed by atoms with Crippen molar-refractivity contribution in [1.29, 1.82) is 0 Å². The molecule has 0 spiro atoms. The Labute approximate surface area is 168 Å². The molecule has 1 fully saturated rings. The Morgan fingerprint density at radius 1 is 1.10 bits per heavy atom. The molecule has 5 nitrogen and oxygen atoms in total. The Hall–Kier alpha value is -2.96. The maximum absolute atomic E-state index is 13.3. The molecular formula is C22H24F2N2O3. The monoisotopic (exact) mass is 402 g/mol. The third kappa shape index (κ3) is 5.31. The topological polar surface area (TPSA) is 70.9 Å². The zero-order valence-electron chi connectivity index (χ0n) is 16.2. The number of rotatable bonds is 5. The summed E-state index contributed by atoms with van der Waals surface area (Å²) in [5.41, 5.74) is 2.08. The molecule has 0 aromatic heterocycles. The van der Waals surface area contributed by atoms with Gasteiger partial charge in [0, 0.05) is 18.2 Å². The molecule has 0 atom stereocenters. The zero-order valence-corrected chi connectivity index (χ0v) is 16.2. The SMILES string of the molecule is COC(=O)c1ccc([C@H]2CC[C@@H](C/C(=N/O)Nc3ccc(F)c(F)c3)CC2)cc1. The van der Waals surface area contributed by atoms with Gasteiger partial charge >= 0.3 is 5.97 Å². The molecule has 0 aliphatic heterocycles. The molecule has 0 saturated heterocycles. The van der Waals surface area contributed by atoms with Crippen molar-refractivity contribution in [2.45, 2.75) is 38.0 Å². The highest BCUT2D eigenvalue weighted by Gasteiger charge is 2.24. The predicted molar refractivity (Wildman–Crippen MR) is 106 cm³/mol. The van der Waals surface area contributed by atoms with Crippen LogP contribution >= 0.6 is 0 Å². The summed E-state index contributed by atoms with van der Waals surface area (Å²) < 4.78 is 31.1. The summed E-state index contributed by atoms with van der Waals surface area (Å²) in [6.07, 6.45) is 4.44. The number of halogens is 2. The van der Waals surface area contributed by atoms with Crippen LogP contribution < -0.4 is 5.32 Å². The van der Waals surface area contributed by atoms with E-state index in [2.05, 4.69) is 10.5 Å². The van der Waals surface area contributed by atoms with Gasteiger partial charge in [-0.25, -0.2) is 13.6 Å². The molecule has 29 heavy (non-hydrogen) atoms. The number of amidine groups is 1. The van der Waals surface area contributed by atoms with Crippen LogP contribution in [-0.2, 0) is 4.74 Å². The van der Waals surface area contributed by atoms with Gasteiger partial charge in [0.2, 0.25) is 0 Å². The van der Waals surface area contributed by atoms with Gasteiger partial charge in [0.05, 0.1) is 12.7 Å². The van der Waals surface area contributed by atoms with Crippen LogP contribution in [0, 0.1) is 17.6 Å². The van der Waals surface area contributed by atoms with Gasteiger partial charge in [0.15, 0.2) is 11.6 Å². The van der Waals surface area contributed by atoms with Gasteiger partial charge in [-0.3, -0.25) is 0 Å². The number of ether oxygens (including phenoxy) is 1. The van der Waals surface area contributed by atoms with Crippen molar-refractivity contribution in [3.8, 4) is 0 Å². The lowest BCUT2D eigenvalue weighted by atomic mass is 9.77. The van der Waals surface area contributed by atoms with Gasteiger partial charge in [-0.15, -0.1) is 0 Å². The Morgan fingerprint density at radius 2 is 1.79 bits per heavy atom. The fraction of sp³-hybridized carbons (Fsp3) is 0.364. The Morgan fingerprint density at radius 3 is 2.38 bits per heavy atom. The van der Waals surface area contributed by atoms with E-state index in [1.807, 2.05) is 12.1 Å². The first-order chi connectivity index (χ1) is 14.0. The summed E-state index contributed by atoms with van der Waals surface area (Å²) >= 11 is 0. The quantitative estimate of drug-likeness (QED) is 0.234. The lowest BCUT2D eigenvalue weighted by molar-refractivity contribution is 0.0600. The van der Waals surface area contributed by atoms with Crippen molar-refractivity contribution in [2.24, 2.45) is 11.1 Å². The third-order valence-corrected chi connectivity index (χ3v) is 5.46. The van der Waals surface area contributed by atoms with Crippen molar-refractivity contribution in [3.05, 3.63) is 65.2 Å². The number of methoxy groups -OCH3 is 1. The smallest absolute Gasteiger partial charge is 0.337 e. The van der Waals surface area contributed by atoms with E-state index in [0.717, 1.165) is 37.8 Å². The molecule has 2 aromatic rings. The van der Waals surface area contributed by atoms with Crippen molar-refractivity contribution >= 4 is 17.5 Å². The second kappa shape index (κ2) is 9.49. The Bertz CT molecular complexity index is 876. The van der Waals surface area contributed by atoms with E-state index in [9.17, 15) is 18.8 Å². The Balaban J connectivity index is 1.53. The first-order valence-corrected chi connectivity index (χ1v) is 9.61. The lowest BCUT2D eigenvalue weighted by Gasteiger charge is -2.29. The highest BCUT2D eigenvalue weighted by atomic mass is 19.2. The second-order valence-corrected chi connectivity index (χ2v) is 7.34. The number of nitrogens with zero attached hydrogens (tertiary/aromatic N) is 1. The largest absolute Gasteiger partial charge is 0.465 e. The van der Waals surface area contributed by atoms with Crippen LogP contribution in [0.4, 0.5) is 14.5 Å². The molecule has 1 aliphatic carbocycles. The molecule has 2 N–H and O–H groups in total. The van der Waals surface area contributed by atoms with E-state index in [4.69, 9.17) is 4.74 Å². The number of carbonyl (C=O) groups excluding carboxylic acids is 1. The first kappa shape index (κ1) is 20.8. The first-order valence-electron chi connectivity index (χ1n) is 9.61. The van der Waals surface area contributed by atoms with Gasteiger partial charge in [-0.2, -0.15) is 0 Å². The normalized spacial score (nSPS) is 19.6. The highest BCUT2D eigenvalue weighted by Crippen LogP contribution is 2.37. The van der Waals surface area contributed by atoms with Crippen LogP contribution in [0.15, 0.2) is 47.6 Å². The number of benzene rings is 2. The standard InChI is InChI=1S/C22H24F2N2O3/c1-29-22(27)17-8-6-16(7-9-17)15-4-2-14(3-5-15)12-21(26-28)25-18-10-11-19(23)20(24)13-18/h6-11,13-15,28H,2-5,12H2,1H3,(H,25,26)/t14-,15+. The van der Waals surface area contributed by atoms with E-state index in [0.29, 0.717) is 35.3 Å². The average Bonchev–Trinajstić information content (AvgIpc) is 2.76. The van der Waals surface area contributed by atoms with Crippen molar-refractivity contribution < 1.29 is 23.5 Å². The third-order valence-electron chi connectivity index (χ3n) is 5.46. The van der Waals surface area contributed by atoms with Gasteiger partial charge < -0.3 is 15.3 Å². The number of carbonyl (C=O) groups is 1. The van der Waals surface area contributed by atoms with Crippen LogP contribution in [0.2, 0.25) is 0 Å². The van der Waals surface area contributed by atoms with Crippen LogP contribution in [0.1, 0.15) is 53.9 Å². The summed E-state index contributed by atoms with van der Waals surface area (Å²) in [7, 11) is 1.36. The number of hydrogen-bond acceptors (Lipinski definition) is 4. The van der Waals surface area contributed by atoms with E-state index in [1.165, 1.54) is 18.7 Å². The van der Waals surface area contributed by atoms with Crippen molar-refractivity contribution in [3.63, 3.8) is 0 Å². The van der Waals surface area contributed by atoms with E-state index in [-0.39, 0.29) is 5.97 Å². The number of esters is 1. The molecule has 0 radical (unpaired) electrons. The summed E-state index contributed by atoms with van der Waals surface area (Å²) in [6.45, 7) is 0. The predicted octanol–water partition coefficient (Wildman–Crippen LogP) is 5.32. The summed E-state index contributed by atoms with van der Waals surface area (Å²) in [5, 5.41) is 15.4. The maximum atomic E-state index is 13.3. The van der Waals surface area contributed by atoms with E-state index in [1.54, 1.807) is 12.1 Å². The minimum absolute atomic E-state index is 0.335. The number of oxime groups is 1. The molecule has 2 aromatic carbocycles. The lowest BCUT2D eigenvalue weighted by Crippen LogP contribution is -2.21. The molecule has 0 heterocycles. The fourth-order valence-corrected chi connectivity index (χ4v) is 3.84. The van der Waals surface area contributed by atoms with E-state index >= 15 is 0 Å². The zero-order chi connectivity index (χ0) is 20.8. The molecule has 0 bridgehead atoms. The van der Waals surface area contributed by atoms with Crippen LogP contribution in [0.3, 0.4) is 0 Å². The molecule has 154 valence electrons. The van der Waals surface area contributed by atoms with Crippen LogP contribution in [-0.4, -0.2) is 24.1 Å². The van der Waals surface area contributed by atoms with Crippen molar-refractivity contribution in [1.82, 2.24) is 0 Å².